The number of halogens is 1. The summed E-state index contributed by atoms with van der Waals surface area (Å²) >= 11 is 3.59. The van der Waals surface area contributed by atoms with Gasteiger partial charge < -0.3 is 10.1 Å². The fraction of sp³-hybridized carbons (Fsp3) is 0.600. The second kappa shape index (κ2) is 6.58. The van der Waals surface area contributed by atoms with E-state index in [0.717, 1.165) is 22.7 Å². The Balaban J connectivity index is 1.87. The van der Waals surface area contributed by atoms with Crippen LogP contribution in [-0.2, 0) is 0 Å². The van der Waals surface area contributed by atoms with Gasteiger partial charge in [-0.3, -0.25) is 0 Å². The van der Waals surface area contributed by atoms with Crippen molar-refractivity contribution in [2.45, 2.75) is 38.6 Å². The van der Waals surface area contributed by atoms with E-state index in [1.54, 1.807) is 0 Å². The van der Waals surface area contributed by atoms with Crippen molar-refractivity contribution < 1.29 is 4.74 Å². The molecule has 0 radical (unpaired) electrons. The van der Waals surface area contributed by atoms with Crippen molar-refractivity contribution in [1.29, 1.82) is 0 Å². The number of benzene rings is 1. The molecule has 0 saturated heterocycles. The molecule has 1 aromatic rings. The molecule has 1 atom stereocenters. The highest BCUT2D eigenvalue weighted by Gasteiger charge is 2.17. The van der Waals surface area contributed by atoms with Crippen molar-refractivity contribution in [1.82, 2.24) is 5.32 Å². The second-order valence-corrected chi connectivity index (χ2v) is 5.99. The summed E-state index contributed by atoms with van der Waals surface area (Å²) in [6, 6.07) is 6.70. The first kappa shape index (κ1) is 13.9. The molecule has 0 spiro atoms. The van der Waals surface area contributed by atoms with E-state index in [0.29, 0.717) is 6.04 Å². The van der Waals surface area contributed by atoms with Crippen LogP contribution in [-0.4, -0.2) is 13.7 Å². The third-order valence-corrected chi connectivity index (χ3v) is 4.52. The van der Waals surface area contributed by atoms with Gasteiger partial charge in [-0.25, -0.2) is 0 Å². The summed E-state index contributed by atoms with van der Waals surface area (Å²) < 4.78 is 6.90. The van der Waals surface area contributed by atoms with Crippen LogP contribution in [0.5, 0.6) is 5.75 Å². The summed E-state index contributed by atoms with van der Waals surface area (Å²) in [5.41, 5.74) is 1.27. The molecule has 0 heterocycles. The van der Waals surface area contributed by atoms with E-state index in [-0.39, 0.29) is 0 Å². The van der Waals surface area contributed by atoms with Crippen LogP contribution in [0.25, 0.3) is 0 Å². The van der Waals surface area contributed by atoms with Crippen molar-refractivity contribution in [2.75, 3.05) is 13.7 Å². The average Bonchev–Trinajstić information content (AvgIpc) is 2.32. The summed E-state index contributed by atoms with van der Waals surface area (Å²) in [6.45, 7) is 2.99. The summed E-state index contributed by atoms with van der Waals surface area (Å²) in [7, 11) is 1.97. The zero-order valence-corrected chi connectivity index (χ0v) is 12.8. The number of rotatable bonds is 6. The Labute approximate surface area is 118 Å². The minimum absolute atomic E-state index is 0.366. The molecule has 1 aliphatic carbocycles. The molecule has 1 N–H and O–H groups in total. The first-order valence-electron chi connectivity index (χ1n) is 6.80. The van der Waals surface area contributed by atoms with Gasteiger partial charge in [0, 0.05) is 6.04 Å². The minimum atomic E-state index is 0.366. The van der Waals surface area contributed by atoms with Crippen LogP contribution in [0.2, 0.25) is 0 Å². The van der Waals surface area contributed by atoms with Crippen molar-refractivity contribution in [2.24, 2.45) is 5.92 Å². The van der Waals surface area contributed by atoms with Gasteiger partial charge in [0.15, 0.2) is 0 Å². The molecular weight excluding hydrogens is 290 g/mol. The van der Waals surface area contributed by atoms with E-state index in [9.17, 15) is 0 Å². The molecule has 0 bridgehead atoms. The van der Waals surface area contributed by atoms with Crippen LogP contribution in [0, 0.1) is 5.92 Å². The number of nitrogens with one attached hydrogen (secondary N) is 1. The Morgan fingerprint density at radius 3 is 2.78 bits per heavy atom. The molecule has 0 aromatic heterocycles. The molecule has 1 aromatic carbocycles. The van der Waals surface area contributed by atoms with Crippen LogP contribution in [0.3, 0.4) is 0 Å². The molecule has 0 amide bonds. The van der Waals surface area contributed by atoms with Crippen molar-refractivity contribution in [3.63, 3.8) is 0 Å². The highest BCUT2D eigenvalue weighted by molar-refractivity contribution is 9.10. The van der Waals surface area contributed by atoms with Gasteiger partial charge in [-0.1, -0.05) is 25.3 Å². The van der Waals surface area contributed by atoms with E-state index in [1.165, 1.54) is 31.2 Å². The Morgan fingerprint density at radius 2 is 2.22 bits per heavy atom. The van der Waals surface area contributed by atoms with Crippen LogP contribution in [0.15, 0.2) is 22.7 Å². The molecule has 2 rings (SSSR count). The predicted molar refractivity (Wildman–Crippen MR) is 79.1 cm³/mol. The highest BCUT2D eigenvalue weighted by atomic mass is 79.9. The van der Waals surface area contributed by atoms with Gasteiger partial charge in [-0.15, -0.1) is 0 Å². The summed E-state index contributed by atoms with van der Waals surface area (Å²) in [5.74, 6) is 1.87. The number of hydrogen-bond donors (Lipinski definition) is 1. The number of hydrogen-bond acceptors (Lipinski definition) is 2. The smallest absolute Gasteiger partial charge is 0.133 e. The van der Waals surface area contributed by atoms with Crippen molar-refractivity contribution in [3.05, 3.63) is 28.2 Å². The first-order chi connectivity index (χ1) is 8.70. The highest BCUT2D eigenvalue weighted by Crippen LogP contribution is 2.31. The third kappa shape index (κ3) is 3.48. The lowest BCUT2D eigenvalue weighted by molar-refractivity contribution is 0.221. The van der Waals surface area contributed by atoms with Gasteiger partial charge in [0.05, 0.1) is 11.1 Å². The average molecular weight is 312 g/mol. The Hall–Kier alpha value is -0.540. The molecule has 3 heteroatoms. The van der Waals surface area contributed by atoms with E-state index in [1.807, 2.05) is 7.05 Å². The van der Waals surface area contributed by atoms with Gasteiger partial charge in [0.1, 0.15) is 5.75 Å². The van der Waals surface area contributed by atoms with E-state index in [4.69, 9.17) is 4.74 Å². The van der Waals surface area contributed by atoms with Crippen LogP contribution >= 0.6 is 15.9 Å². The normalized spacial score (nSPS) is 17.3. The SMILES string of the molecule is CNC(C)c1ccc(OCCC2CCC2)c(Br)c1. The second-order valence-electron chi connectivity index (χ2n) is 5.13. The lowest BCUT2D eigenvalue weighted by Crippen LogP contribution is -2.15. The largest absolute Gasteiger partial charge is 0.492 e. The summed E-state index contributed by atoms with van der Waals surface area (Å²) in [4.78, 5) is 0. The van der Waals surface area contributed by atoms with Crippen molar-refractivity contribution >= 4 is 15.9 Å². The van der Waals surface area contributed by atoms with E-state index >= 15 is 0 Å². The molecule has 1 aliphatic rings. The maximum absolute atomic E-state index is 5.84. The quantitative estimate of drug-likeness (QED) is 0.845. The molecule has 100 valence electrons. The standard InChI is InChI=1S/C15H22BrNO/c1-11(17-2)13-6-7-15(14(16)10-13)18-9-8-12-4-3-5-12/h6-7,10-12,17H,3-5,8-9H2,1-2H3. The van der Waals surface area contributed by atoms with Gasteiger partial charge in [0.25, 0.3) is 0 Å². The molecule has 18 heavy (non-hydrogen) atoms. The third-order valence-electron chi connectivity index (χ3n) is 3.90. The maximum atomic E-state index is 5.84. The van der Waals surface area contributed by atoms with E-state index in [2.05, 4.69) is 46.4 Å². The molecule has 0 aliphatic heterocycles. The molecule has 1 unspecified atom stereocenters. The number of ether oxygens (including phenoxy) is 1. The fourth-order valence-corrected chi connectivity index (χ4v) is 2.70. The van der Waals surface area contributed by atoms with Crippen molar-refractivity contribution in [3.8, 4) is 5.75 Å². The van der Waals surface area contributed by atoms with E-state index < -0.39 is 0 Å². The first-order valence-corrected chi connectivity index (χ1v) is 7.59. The van der Waals surface area contributed by atoms with Crippen LogP contribution in [0.4, 0.5) is 0 Å². The Kier molecular flexibility index (Phi) is 5.07. The zero-order valence-electron chi connectivity index (χ0n) is 11.2. The predicted octanol–water partition coefficient (Wildman–Crippen LogP) is 4.30. The zero-order chi connectivity index (χ0) is 13.0. The van der Waals surface area contributed by atoms with Gasteiger partial charge >= 0.3 is 0 Å². The topological polar surface area (TPSA) is 21.3 Å². The molecule has 1 fully saturated rings. The Morgan fingerprint density at radius 1 is 1.44 bits per heavy atom. The lowest BCUT2D eigenvalue weighted by Gasteiger charge is -2.25. The van der Waals surface area contributed by atoms with Crippen LogP contribution < -0.4 is 10.1 Å². The lowest BCUT2D eigenvalue weighted by atomic mass is 9.83. The summed E-state index contributed by atoms with van der Waals surface area (Å²) in [5, 5.41) is 3.24. The summed E-state index contributed by atoms with van der Waals surface area (Å²) in [6.07, 6.45) is 5.39. The Bertz CT molecular complexity index is 390. The molecule has 1 saturated carbocycles. The van der Waals surface area contributed by atoms with Gasteiger partial charge in [-0.2, -0.15) is 0 Å². The minimum Gasteiger partial charge on any atom is -0.492 e. The van der Waals surface area contributed by atoms with Crippen LogP contribution in [0.1, 0.15) is 44.2 Å². The molecule has 2 nitrogen and oxygen atoms in total. The fourth-order valence-electron chi connectivity index (χ4n) is 2.19. The monoisotopic (exact) mass is 311 g/mol. The van der Waals surface area contributed by atoms with Gasteiger partial charge in [-0.05, 0) is 59.9 Å². The van der Waals surface area contributed by atoms with Gasteiger partial charge in [0.2, 0.25) is 0 Å². The maximum Gasteiger partial charge on any atom is 0.133 e. The molecular formula is C15H22BrNO.